The number of para-hydroxylation sites is 1. The summed E-state index contributed by atoms with van der Waals surface area (Å²) >= 11 is 0. The summed E-state index contributed by atoms with van der Waals surface area (Å²) in [4.78, 5) is 11.9. The van der Waals surface area contributed by atoms with Crippen LogP contribution in [-0.2, 0) is 0 Å². The lowest BCUT2D eigenvalue weighted by Gasteiger charge is -2.06. The van der Waals surface area contributed by atoms with Crippen LogP contribution in [0.3, 0.4) is 0 Å². The molecule has 0 radical (unpaired) electrons. The van der Waals surface area contributed by atoms with Crippen molar-refractivity contribution in [2.75, 3.05) is 25.8 Å². The topological polar surface area (TPSA) is 68.8 Å². The largest absolute Gasteiger partial charge is 0.495 e. The van der Waals surface area contributed by atoms with Gasteiger partial charge in [-0.15, -0.1) is 0 Å². The Morgan fingerprint density at radius 2 is 2.04 bits per heavy atom. The van der Waals surface area contributed by atoms with Crippen molar-refractivity contribution in [2.45, 2.75) is 0 Å². The normalized spacial score (nSPS) is 11.2. The van der Waals surface area contributed by atoms with Gasteiger partial charge in [0.25, 0.3) is 0 Å². The number of amides is 2. The van der Waals surface area contributed by atoms with E-state index in [1.54, 1.807) is 25.3 Å². The zero-order chi connectivity index (χ0) is 16.8. The average Bonchev–Trinajstić information content (AvgIpc) is 3.07. The fourth-order valence-electron chi connectivity index (χ4n) is 2.16. The number of anilines is 1. The number of benzene rings is 2. The van der Waals surface area contributed by atoms with Crippen LogP contribution >= 0.6 is 0 Å². The smallest absolute Gasteiger partial charge is 0.319 e. The van der Waals surface area contributed by atoms with Crippen molar-refractivity contribution in [3.63, 3.8) is 0 Å². The molecule has 2 amide bonds. The number of carbonyl (C=O) groups is 1. The Hall–Kier alpha value is -3.33. The molecule has 1 heterocycles. The van der Waals surface area contributed by atoms with E-state index in [9.17, 15) is 4.79 Å². The molecule has 0 aromatic heterocycles. The highest BCUT2D eigenvalue weighted by molar-refractivity contribution is 5.89. The zero-order valence-corrected chi connectivity index (χ0v) is 13.1. The van der Waals surface area contributed by atoms with E-state index in [2.05, 4.69) is 22.5 Å². The van der Waals surface area contributed by atoms with Gasteiger partial charge in [-0.05, 0) is 24.3 Å². The van der Waals surface area contributed by atoms with Crippen LogP contribution in [0.1, 0.15) is 5.56 Å². The van der Waals surface area contributed by atoms with Gasteiger partial charge in [0.1, 0.15) is 5.75 Å². The summed E-state index contributed by atoms with van der Waals surface area (Å²) in [6.45, 7) is 0.415. The van der Waals surface area contributed by atoms with Gasteiger partial charge in [0.05, 0.1) is 19.2 Å². The maximum absolute atomic E-state index is 11.9. The molecule has 1 aliphatic rings. The molecule has 1 aliphatic heterocycles. The van der Waals surface area contributed by atoms with E-state index < -0.39 is 0 Å². The Morgan fingerprint density at radius 1 is 1.21 bits per heavy atom. The quantitative estimate of drug-likeness (QED) is 0.852. The molecule has 122 valence electrons. The standard InChI is InChI=1S/C18H16N2O4/c1-22-15-7-3-2-5-13(15)6-4-10-19-18(21)20-14-8-9-16-17(11-14)24-12-23-16/h2-3,5,7-9,11H,10,12H2,1H3,(H2,19,20,21). The van der Waals surface area contributed by atoms with E-state index in [-0.39, 0.29) is 19.4 Å². The van der Waals surface area contributed by atoms with E-state index >= 15 is 0 Å². The van der Waals surface area contributed by atoms with Crippen LogP contribution in [0.4, 0.5) is 10.5 Å². The van der Waals surface area contributed by atoms with E-state index in [0.717, 1.165) is 5.56 Å². The van der Waals surface area contributed by atoms with Crippen LogP contribution in [0.25, 0.3) is 0 Å². The minimum Gasteiger partial charge on any atom is -0.495 e. The van der Waals surface area contributed by atoms with Gasteiger partial charge in [-0.3, -0.25) is 0 Å². The first kappa shape index (κ1) is 15.6. The molecule has 0 fully saturated rings. The molecule has 24 heavy (non-hydrogen) atoms. The first-order valence-electron chi connectivity index (χ1n) is 7.32. The summed E-state index contributed by atoms with van der Waals surface area (Å²) in [5.74, 6) is 7.84. The molecule has 0 atom stereocenters. The minimum absolute atomic E-state index is 0.198. The van der Waals surface area contributed by atoms with Crippen molar-refractivity contribution in [1.82, 2.24) is 5.32 Å². The molecule has 0 spiro atoms. The lowest BCUT2D eigenvalue weighted by Crippen LogP contribution is -2.28. The van der Waals surface area contributed by atoms with Crippen molar-refractivity contribution >= 4 is 11.7 Å². The summed E-state index contributed by atoms with van der Waals surface area (Å²) in [5, 5.41) is 5.38. The number of methoxy groups -OCH3 is 1. The monoisotopic (exact) mass is 324 g/mol. The summed E-state index contributed by atoms with van der Waals surface area (Å²) < 4.78 is 15.7. The highest BCUT2D eigenvalue weighted by Gasteiger charge is 2.13. The second-order valence-electron chi connectivity index (χ2n) is 4.88. The minimum atomic E-state index is -0.344. The van der Waals surface area contributed by atoms with Crippen LogP contribution in [-0.4, -0.2) is 26.5 Å². The predicted molar refractivity (Wildman–Crippen MR) is 89.5 cm³/mol. The summed E-state index contributed by atoms with van der Waals surface area (Å²) in [5.41, 5.74) is 1.40. The molecule has 0 saturated heterocycles. The van der Waals surface area contributed by atoms with E-state index in [1.165, 1.54) is 0 Å². The average molecular weight is 324 g/mol. The van der Waals surface area contributed by atoms with Crippen molar-refractivity contribution in [1.29, 1.82) is 0 Å². The van der Waals surface area contributed by atoms with Crippen LogP contribution in [0.5, 0.6) is 17.2 Å². The zero-order valence-electron chi connectivity index (χ0n) is 13.1. The molecule has 6 heteroatoms. The molecule has 6 nitrogen and oxygen atoms in total. The van der Waals surface area contributed by atoms with Gasteiger partial charge in [-0.25, -0.2) is 4.79 Å². The Labute approximate surface area is 139 Å². The Kier molecular flexibility index (Phi) is 4.73. The number of fused-ring (bicyclic) bond motifs is 1. The molecule has 0 aliphatic carbocycles. The second-order valence-corrected chi connectivity index (χ2v) is 4.88. The number of hydrogen-bond donors (Lipinski definition) is 2. The molecular formula is C18H16N2O4. The van der Waals surface area contributed by atoms with Crippen molar-refractivity contribution in [2.24, 2.45) is 0 Å². The first-order valence-corrected chi connectivity index (χ1v) is 7.32. The van der Waals surface area contributed by atoms with Crippen LogP contribution < -0.4 is 24.8 Å². The Morgan fingerprint density at radius 3 is 2.92 bits per heavy atom. The van der Waals surface area contributed by atoms with Crippen LogP contribution in [0.15, 0.2) is 42.5 Å². The highest BCUT2D eigenvalue weighted by Crippen LogP contribution is 2.34. The lowest BCUT2D eigenvalue weighted by molar-refractivity contribution is 0.174. The number of urea groups is 1. The van der Waals surface area contributed by atoms with Crippen molar-refractivity contribution in [3.05, 3.63) is 48.0 Å². The van der Waals surface area contributed by atoms with Crippen molar-refractivity contribution in [3.8, 4) is 29.1 Å². The van der Waals surface area contributed by atoms with Gasteiger partial charge in [-0.1, -0.05) is 24.0 Å². The molecule has 0 unspecified atom stereocenters. The van der Waals surface area contributed by atoms with Gasteiger partial charge in [0.2, 0.25) is 6.79 Å². The van der Waals surface area contributed by atoms with Gasteiger partial charge >= 0.3 is 6.03 Å². The fraction of sp³-hybridized carbons (Fsp3) is 0.167. The fourth-order valence-corrected chi connectivity index (χ4v) is 2.16. The van der Waals surface area contributed by atoms with Crippen LogP contribution in [0, 0.1) is 11.8 Å². The van der Waals surface area contributed by atoms with Gasteiger partial charge < -0.3 is 24.8 Å². The third-order valence-electron chi connectivity index (χ3n) is 3.30. The third kappa shape index (κ3) is 3.70. The third-order valence-corrected chi connectivity index (χ3v) is 3.30. The second kappa shape index (κ2) is 7.29. The number of rotatable bonds is 3. The summed E-state index contributed by atoms with van der Waals surface area (Å²) in [6.07, 6.45) is 0. The first-order chi connectivity index (χ1) is 11.8. The number of carbonyl (C=O) groups excluding carboxylic acids is 1. The molecule has 2 aromatic rings. The van der Waals surface area contributed by atoms with E-state index in [1.807, 2.05) is 24.3 Å². The summed E-state index contributed by atoms with van der Waals surface area (Å²) in [6, 6.07) is 12.3. The maximum Gasteiger partial charge on any atom is 0.319 e. The summed E-state index contributed by atoms with van der Waals surface area (Å²) in [7, 11) is 1.59. The Balaban J connectivity index is 1.52. The predicted octanol–water partition coefficient (Wildman–Crippen LogP) is 2.60. The van der Waals surface area contributed by atoms with Crippen molar-refractivity contribution < 1.29 is 19.0 Å². The van der Waals surface area contributed by atoms with Gasteiger partial charge in [0.15, 0.2) is 11.5 Å². The number of hydrogen-bond acceptors (Lipinski definition) is 4. The SMILES string of the molecule is COc1ccccc1C#CCNC(=O)Nc1ccc2c(c1)OCO2. The van der Waals surface area contributed by atoms with E-state index in [0.29, 0.717) is 22.9 Å². The number of nitrogens with one attached hydrogen (secondary N) is 2. The van der Waals surface area contributed by atoms with Gasteiger partial charge in [0, 0.05) is 11.8 Å². The van der Waals surface area contributed by atoms with Crippen LogP contribution in [0.2, 0.25) is 0 Å². The number of ether oxygens (including phenoxy) is 3. The van der Waals surface area contributed by atoms with Gasteiger partial charge in [-0.2, -0.15) is 0 Å². The molecule has 3 rings (SSSR count). The molecular weight excluding hydrogens is 308 g/mol. The molecule has 2 aromatic carbocycles. The molecule has 2 N–H and O–H groups in total. The lowest BCUT2D eigenvalue weighted by atomic mass is 10.2. The highest BCUT2D eigenvalue weighted by atomic mass is 16.7. The maximum atomic E-state index is 11.9. The van der Waals surface area contributed by atoms with E-state index in [4.69, 9.17) is 14.2 Å². The Bertz CT molecular complexity index is 808. The molecule has 0 bridgehead atoms. The molecule has 0 saturated carbocycles.